The van der Waals surface area contributed by atoms with E-state index in [2.05, 4.69) is 33.8 Å². The molecule has 0 fully saturated rings. The molecule has 1 aromatic carbocycles. The summed E-state index contributed by atoms with van der Waals surface area (Å²) in [4.78, 5) is 11.8. The molecule has 0 aromatic heterocycles. The number of hydrogen-bond acceptors (Lipinski definition) is 3. The summed E-state index contributed by atoms with van der Waals surface area (Å²) in [6.07, 6.45) is 20.4. The standard InChI is InChI=1S/C31H54O3/c1-6-8-9-10-11-12-13-14-15-16-17-18-19-20-21-27(25-34-30(33)7-2)26-22-23-29(32)28(24-26)31(3,4)5/h22-24,27,32H,6-21,25H2,1-5H3. The fraction of sp³-hybridized carbons (Fsp3) is 0.774. The van der Waals surface area contributed by atoms with Gasteiger partial charge in [-0.3, -0.25) is 4.79 Å². The number of benzene rings is 1. The van der Waals surface area contributed by atoms with Crippen LogP contribution in [0, 0.1) is 0 Å². The lowest BCUT2D eigenvalue weighted by atomic mass is 9.83. The van der Waals surface area contributed by atoms with Crippen molar-refractivity contribution < 1.29 is 14.6 Å². The Morgan fingerprint density at radius 2 is 1.32 bits per heavy atom. The van der Waals surface area contributed by atoms with Gasteiger partial charge in [-0.25, -0.2) is 0 Å². The van der Waals surface area contributed by atoms with E-state index in [4.69, 9.17) is 4.74 Å². The van der Waals surface area contributed by atoms with Crippen molar-refractivity contribution in [3.05, 3.63) is 29.3 Å². The van der Waals surface area contributed by atoms with E-state index in [1.165, 1.54) is 89.0 Å². The molecular formula is C31H54O3. The van der Waals surface area contributed by atoms with Crippen LogP contribution in [0.5, 0.6) is 5.75 Å². The Kier molecular flexibility index (Phi) is 16.0. The molecule has 34 heavy (non-hydrogen) atoms. The lowest BCUT2D eigenvalue weighted by Gasteiger charge is -2.24. The predicted octanol–water partition coefficient (Wildman–Crippen LogP) is 9.60. The third-order valence-electron chi connectivity index (χ3n) is 6.94. The van der Waals surface area contributed by atoms with E-state index < -0.39 is 0 Å². The quantitative estimate of drug-likeness (QED) is 0.160. The molecule has 0 saturated carbocycles. The highest BCUT2D eigenvalue weighted by Crippen LogP contribution is 2.34. The van der Waals surface area contributed by atoms with E-state index >= 15 is 0 Å². The number of carbonyl (C=O) groups excluding carboxylic acids is 1. The second kappa shape index (κ2) is 17.9. The van der Waals surface area contributed by atoms with Gasteiger partial charge in [0.15, 0.2) is 0 Å². The predicted molar refractivity (Wildman–Crippen MR) is 146 cm³/mol. The lowest BCUT2D eigenvalue weighted by molar-refractivity contribution is -0.143. The van der Waals surface area contributed by atoms with Gasteiger partial charge in [0.1, 0.15) is 5.75 Å². The minimum Gasteiger partial charge on any atom is -0.508 e. The number of hydrogen-bond donors (Lipinski definition) is 1. The van der Waals surface area contributed by atoms with Gasteiger partial charge >= 0.3 is 5.97 Å². The number of phenols is 1. The van der Waals surface area contributed by atoms with Gasteiger partial charge in [-0.2, -0.15) is 0 Å². The normalized spacial score (nSPS) is 12.6. The van der Waals surface area contributed by atoms with Gasteiger partial charge < -0.3 is 9.84 Å². The Balaban J connectivity index is 2.35. The van der Waals surface area contributed by atoms with E-state index in [1.807, 2.05) is 13.0 Å². The van der Waals surface area contributed by atoms with Gasteiger partial charge in [0.05, 0.1) is 6.61 Å². The molecule has 0 aliphatic heterocycles. The number of carbonyl (C=O) groups is 1. The first kappa shape index (κ1) is 30.5. The fourth-order valence-corrected chi connectivity index (χ4v) is 4.64. The van der Waals surface area contributed by atoms with Crippen molar-refractivity contribution in [2.24, 2.45) is 0 Å². The van der Waals surface area contributed by atoms with E-state index in [0.717, 1.165) is 18.4 Å². The zero-order valence-electron chi connectivity index (χ0n) is 23.1. The summed E-state index contributed by atoms with van der Waals surface area (Å²) >= 11 is 0. The van der Waals surface area contributed by atoms with Crippen molar-refractivity contribution in [1.82, 2.24) is 0 Å². The van der Waals surface area contributed by atoms with Crippen molar-refractivity contribution in [3.63, 3.8) is 0 Å². The Hall–Kier alpha value is -1.51. The van der Waals surface area contributed by atoms with Crippen LogP contribution in [0.2, 0.25) is 0 Å². The van der Waals surface area contributed by atoms with Gasteiger partial charge in [0, 0.05) is 12.3 Å². The van der Waals surface area contributed by atoms with Crippen molar-refractivity contribution >= 4 is 5.97 Å². The molecule has 1 atom stereocenters. The Morgan fingerprint density at radius 1 is 0.824 bits per heavy atom. The SMILES string of the molecule is CCCCCCCCCCCCCCCCC(COC(=O)CC)c1ccc(O)c(C(C)(C)C)c1. The topological polar surface area (TPSA) is 46.5 Å². The van der Waals surface area contributed by atoms with Crippen molar-refractivity contribution in [2.75, 3.05) is 6.61 Å². The summed E-state index contributed by atoms with van der Waals surface area (Å²) in [7, 11) is 0. The first-order chi connectivity index (χ1) is 16.3. The van der Waals surface area contributed by atoms with Crippen LogP contribution in [0.15, 0.2) is 18.2 Å². The Labute approximate surface area is 211 Å². The summed E-state index contributed by atoms with van der Waals surface area (Å²) in [6, 6.07) is 5.91. The minimum absolute atomic E-state index is 0.125. The van der Waals surface area contributed by atoms with Crippen LogP contribution in [-0.4, -0.2) is 17.7 Å². The smallest absolute Gasteiger partial charge is 0.305 e. The van der Waals surface area contributed by atoms with Crippen LogP contribution in [0.1, 0.15) is 154 Å². The maximum Gasteiger partial charge on any atom is 0.305 e. The average Bonchev–Trinajstić information content (AvgIpc) is 2.80. The number of phenolic OH excluding ortho intramolecular Hbond substituents is 1. The Morgan fingerprint density at radius 3 is 1.79 bits per heavy atom. The molecule has 3 nitrogen and oxygen atoms in total. The molecule has 1 N–H and O–H groups in total. The maximum atomic E-state index is 11.8. The number of aromatic hydroxyl groups is 1. The molecule has 0 aliphatic carbocycles. The van der Waals surface area contributed by atoms with E-state index in [9.17, 15) is 9.90 Å². The molecule has 1 aromatic rings. The molecule has 0 heterocycles. The van der Waals surface area contributed by atoms with Gasteiger partial charge in [0.25, 0.3) is 0 Å². The second-order valence-electron chi connectivity index (χ2n) is 11.1. The molecule has 0 radical (unpaired) electrons. The highest BCUT2D eigenvalue weighted by Gasteiger charge is 2.21. The zero-order chi connectivity index (χ0) is 25.2. The lowest BCUT2D eigenvalue weighted by Crippen LogP contribution is -2.15. The highest BCUT2D eigenvalue weighted by molar-refractivity contribution is 5.68. The third-order valence-corrected chi connectivity index (χ3v) is 6.94. The van der Waals surface area contributed by atoms with Gasteiger partial charge in [-0.05, 0) is 29.0 Å². The number of ether oxygens (including phenoxy) is 1. The van der Waals surface area contributed by atoms with E-state index in [-0.39, 0.29) is 17.3 Å². The molecule has 3 heteroatoms. The molecule has 0 spiro atoms. The van der Waals surface area contributed by atoms with Gasteiger partial charge in [-0.15, -0.1) is 0 Å². The Bertz CT molecular complexity index is 659. The molecule has 0 amide bonds. The second-order valence-corrected chi connectivity index (χ2v) is 11.1. The zero-order valence-corrected chi connectivity index (χ0v) is 23.1. The van der Waals surface area contributed by atoms with Crippen LogP contribution < -0.4 is 0 Å². The molecule has 1 rings (SSSR count). The number of unbranched alkanes of at least 4 members (excludes halogenated alkanes) is 13. The molecule has 0 bridgehead atoms. The average molecular weight is 475 g/mol. The first-order valence-corrected chi connectivity index (χ1v) is 14.3. The molecule has 0 aliphatic rings. The maximum absolute atomic E-state index is 11.8. The molecule has 0 saturated heterocycles. The minimum atomic E-state index is -0.138. The van der Waals surface area contributed by atoms with Crippen molar-refractivity contribution in [2.45, 2.75) is 149 Å². The summed E-state index contributed by atoms with van der Waals surface area (Å²) in [5.74, 6) is 0.396. The monoisotopic (exact) mass is 474 g/mol. The highest BCUT2D eigenvalue weighted by atomic mass is 16.5. The first-order valence-electron chi connectivity index (χ1n) is 14.3. The van der Waals surface area contributed by atoms with Gasteiger partial charge in [0.2, 0.25) is 0 Å². The summed E-state index contributed by atoms with van der Waals surface area (Å²) < 4.78 is 5.53. The molecule has 196 valence electrons. The third kappa shape index (κ3) is 13.4. The largest absolute Gasteiger partial charge is 0.508 e. The van der Waals surface area contributed by atoms with Crippen LogP contribution in [0.25, 0.3) is 0 Å². The number of rotatable bonds is 19. The van der Waals surface area contributed by atoms with Crippen LogP contribution >= 0.6 is 0 Å². The van der Waals surface area contributed by atoms with Crippen LogP contribution in [0.3, 0.4) is 0 Å². The van der Waals surface area contributed by atoms with Crippen molar-refractivity contribution in [3.8, 4) is 5.75 Å². The van der Waals surface area contributed by atoms with E-state index in [1.54, 1.807) is 6.07 Å². The van der Waals surface area contributed by atoms with Crippen LogP contribution in [0.4, 0.5) is 0 Å². The molecular weight excluding hydrogens is 420 g/mol. The summed E-state index contributed by atoms with van der Waals surface area (Å²) in [5, 5.41) is 10.3. The molecule has 1 unspecified atom stereocenters. The van der Waals surface area contributed by atoms with Gasteiger partial charge in [-0.1, -0.05) is 137 Å². The number of esters is 1. The van der Waals surface area contributed by atoms with Crippen molar-refractivity contribution in [1.29, 1.82) is 0 Å². The van der Waals surface area contributed by atoms with E-state index in [0.29, 0.717) is 18.8 Å². The summed E-state index contributed by atoms with van der Waals surface area (Å²) in [6.45, 7) is 10.9. The fourth-order valence-electron chi connectivity index (χ4n) is 4.64. The van der Waals surface area contributed by atoms with Crippen LogP contribution in [-0.2, 0) is 14.9 Å². The summed E-state index contributed by atoms with van der Waals surface area (Å²) in [5.41, 5.74) is 2.00.